The summed E-state index contributed by atoms with van der Waals surface area (Å²) in [4.78, 5) is 14.4. The molecule has 4 nitrogen and oxygen atoms in total. The maximum Gasteiger partial charge on any atom is 0.258 e. The molecule has 0 unspecified atom stereocenters. The van der Waals surface area contributed by atoms with Crippen molar-refractivity contribution in [3.63, 3.8) is 0 Å². The third-order valence-corrected chi connectivity index (χ3v) is 3.45. The second-order valence-corrected chi connectivity index (χ2v) is 4.82. The SMILES string of the molecule is N#Cc1ccc(C(=O)N2CCCOc3ccccc32)cc1. The predicted octanol–water partition coefficient (Wildman–Crippen LogP) is 2.99. The van der Waals surface area contributed by atoms with Gasteiger partial charge in [0.05, 0.1) is 23.9 Å². The minimum atomic E-state index is -0.0718. The number of ether oxygens (including phenoxy) is 1. The van der Waals surface area contributed by atoms with Crippen LogP contribution in [0, 0.1) is 11.3 Å². The fourth-order valence-electron chi connectivity index (χ4n) is 2.38. The van der Waals surface area contributed by atoms with E-state index in [1.54, 1.807) is 29.2 Å². The van der Waals surface area contributed by atoms with Crippen molar-refractivity contribution in [1.82, 2.24) is 0 Å². The summed E-state index contributed by atoms with van der Waals surface area (Å²) in [7, 11) is 0. The van der Waals surface area contributed by atoms with Gasteiger partial charge in [0.2, 0.25) is 0 Å². The molecule has 4 heteroatoms. The summed E-state index contributed by atoms with van der Waals surface area (Å²) in [6.07, 6.45) is 0.788. The second-order valence-electron chi connectivity index (χ2n) is 4.82. The molecule has 1 amide bonds. The molecular weight excluding hydrogens is 264 g/mol. The number of hydrogen-bond donors (Lipinski definition) is 0. The number of para-hydroxylation sites is 2. The van der Waals surface area contributed by atoms with Crippen LogP contribution in [-0.2, 0) is 0 Å². The zero-order chi connectivity index (χ0) is 14.7. The van der Waals surface area contributed by atoms with Crippen LogP contribution in [0.3, 0.4) is 0 Å². The molecule has 2 aromatic rings. The van der Waals surface area contributed by atoms with E-state index < -0.39 is 0 Å². The van der Waals surface area contributed by atoms with Crippen LogP contribution < -0.4 is 9.64 Å². The van der Waals surface area contributed by atoms with Crippen LogP contribution >= 0.6 is 0 Å². The molecule has 0 fully saturated rings. The summed E-state index contributed by atoms with van der Waals surface area (Å²) >= 11 is 0. The Hall–Kier alpha value is -2.80. The minimum absolute atomic E-state index is 0.0718. The molecule has 0 spiro atoms. The Kier molecular flexibility index (Phi) is 3.57. The van der Waals surface area contributed by atoms with Gasteiger partial charge in [-0.3, -0.25) is 4.79 Å². The monoisotopic (exact) mass is 278 g/mol. The van der Waals surface area contributed by atoms with Crippen LogP contribution in [0.2, 0.25) is 0 Å². The fourth-order valence-corrected chi connectivity index (χ4v) is 2.38. The van der Waals surface area contributed by atoms with Crippen molar-refractivity contribution < 1.29 is 9.53 Å². The molecule has 104 valence electrons. The van der Waals surface area contributed by atoms with Crippen LogP contribution in [0.1, 0.15) is 22.3 Å². The number of fused-ring (bicyclic) bond motifs is 1. The van der Waals surface area contributed by atoms with Crippen LogP contribution in [-0.4, -0.2) is 19.1 Å². The number of anilines is 1. The van der Waals surface area contributed by atoms with Gasteiger partial charge >= 0.3 is 0 Å². The molecule has 1 aliphatic heterocycles. The first-order valence-electron chi connectivity index (χ1n) is 6.83. The molecule has 1 heterocycles. The van der Waals surface area contributed by atoms with Crippen LogP contribution in [0.25, 0.3) is 0 Å². The standard InChI is InChI=1S/C17H14N2O2/c18-12-13-6-8-14(9-7-13)17(20)19-10-3-11-21-16-5-2-1-4-15(16)19/h1-2,4-9H,3,10-11H2. The first-order chi connectivity index (χ1) is 10.3. The van der Waals surface area contributed by atoms with Crippen molar-refractivity contribution in [1.29, 1.82) is 5.26 Å². The largest absolute Gasteiger partial charge is 0.491 e. The molecule has 0 aromatic heterocycles. The lowest BCUT2D eigenvalue weighted by atomic mass is 10.1. The predicted molar refractivity (Wildman–Crippen MR) is 79.4 cm³/mol. The highest BCUT2D eigenvalue weighted by molar-refractivity contribution is 6.07. The molecule has 1 aliphatic rings. The van der Waals surface area contributed by atoms with E-state index in [2.05, 4.69) is 6.07 Å². The zero-order valence-electron chi connectivity index (χ0n) is 11.5. The zero-order valence-corrected chi connectivity index (χ0v) is 11.5. The number of nitrogens with zero attached hydrogens (tertiary/aromatic N) is 2. The third-order valence-electron chi connectivity index (χ3n) is 3.45. The number of carbonyl (C=O) groups is 1. The topological polar surface area (TPSA) is 53.3 Å². The number of rotatable bonds is 1. The Morgan fingerprint density at radius 1 is 1.14 bits per heavy atom. The first kappa shape index (κ1) is 13.2. The molecule has 0 bridgehead atoms. The van der Waals surface area contributed by atoms with Crippen LogP contribution in [0.15, 0.2) is 48.5 Å². The highest BCUT2D eigenvalue weighted by Gasteiger charge is 2.22. The van der Waals surface area contributed by atoms with Crippen molar-refractivity contribution >= 4 is 11.6 Å². The maximum absolute atomic E-state index is 12.7. The van der Waals surface area contributed by atoms with E-state index in [9.17, 15) is 4.79 Å². The van der Waals surface area contributed by atoms with Gasteiger partial charge in [-0.2, -0.15) is 5.26 Å². The molecule has 0 aliphatic carbocycles. The molecule has 2 aromatic carbocycles. The van der Waals surface area contributed by atoms with Gasteiger partial charge in [-0.25, -0.2) is 0 Å². The Morgan fingerprint density at radius 2 is 1.90 bits per heavy atom. The van der Waals surface area contributed by atoms with E-state index in [0.717, 1.165) is 17.9 Å². The normalized spacial score (nSPS) is 13.6. The first-order valence-corrected chi connectivity index (χ1v) is 6.83. The van der Waals surface area contributed by atoms with Crippen LogP contribution in [0.4, 0.5) is 5.69 Å². The number of benzene rings is 2. The van der Waals surface area contributed by atoms with Gasteiger partial charge in [-0.15, -0.1) is 0 Å². The lowest BCUT2D eigenvalue weighted by Crippen LogP contribution is -2.31. The summed E-state index contributed by atoms with van der Waals surface area (Å²) in [5, 5.41) is 8.82. The lowest BCUT2D eigenvalue weighted by molar-refractivity contribution is 0.0987. The molecule has 0 atom stereocenters. The van der Waals surface area contributed by atoms with Gasteiger partial charge in [0, 0.05) is 12.1 Å². The summed E-state index contributed by atoms with van der Waals surface area (Å²) in [6.45, 7) is 1.23. The van der Waals surface area contributed by atoms with Gasteiger partial charge in [0.15, 0.2) is 0 Å². The molecule has 0 radical (unpaired) electrons. The average molecular weight is 278 g/mol. The third kappa shape index (κ3) is 2.59. The van der Waals surface area contributed by atoms with E-state index in [1.165, 1.54) is 0 Å². The van der Waals surface area contributed by atoms with E-state index in [-0.39, 0.29) is 5.91 Å². The van der Waals surface area contributed by atoms with Crippen molar-refractivity contribution in [2.24, 2.45) is 0 Å². The molecule has 0 saturated heterocycles. The van der Waals surface area contributed by atoms with E-state index in [1.807, 2.05) is 24.3 Å². The van der Waals surface area contributed by atoms with E-state index >= 15 is 0 Å². The summed E-state index contributed by atoms with van der Waals surface area (Å²) in [5.41, 5.74) is 1.92. The Morgan fingerprint density at radius 3 is 2.67 bits per heavy atom. The lowest BCUT2D eigenvalue weighted by Gasteiger charge is -2.21. The Balaban J connectivity index is 1.95. The Bertz CT molecular complexity index is 701. The Labute approximate surface area is 123 Å². The maximum atomic E-state index is 12.7. The highest BCUT2D eigenvalue weighted by atomic mass is 16.5. The second kappa shape index (κ2) is 5.68. The average Bonchev–Trinajstić information content (AvgIpc) is 2.77. The van der Waals surface area contributed by atoms with Gasteiger partial charge in [0.1, 0.15) is 5.75 Å². The van der Waals surface area contributed by atoms with E-state index in [0.29, 0.717) is 24.3 Å². The van der Waals surface area contributed by atoms with Gasteiger partial charge in [-0.05, 0) is 42.8 Å². The number of amides is 1. The van der Waals surface area contributed by atoms with E-state index in [4.69, 9.17) is 10.00 Å². The molecule has 0 N–H and O–H groups in total. The van der Waals surface area contributed by atoms with Gasteiger partial charge < -0.3 is 9.64 Å². The van der Waals surface area contributed by atoms with Crippen molar-refractivity contribution in [2.45, 2.75) is 6.42 Å². The molecule has 21 heavy (non-hydrogen) atoms. The number of carbonyl (C=O) groups excluding carboxylic acids is 1. The van der Waals surface area contributed by atoms with Gasteiger partial charge in [0.25, 0.3) is 5.91 Å². The highest BCUT2D eigenvalue weighted by Crippen LogP contribution is 2.31. The molecule has 0 saturated carbocycles. The summed E-state index contributed by atoms with van der Waals surface area (Å²) in [6, 6.07) is 16.3. The quantitative estimate of drug-likeness (QED) is 0.805. The number of nitriles is 1. The molecule has 3 rings (SSSR count). The van der Waals surface area contributed by atoms with Crippen molar-refractivity contribution in [3.8, 4) is 11.8 Å². The minimum Gasteiger partial charge on any atom is -0.491 e. The smallest absolute Gasteiger partial charge is 0.258 e. The van der Waals surface area contributed by atoms with Crippen molar-refractivity contribution in [2.75, 3.05) is 18.1 Å². The van der Waals surface area contributed by atoms with Gasteiger partial charge in [-0.1, -0.05) is 12.1 Å². The molecular formula is C17H14N2O2. The van der Waals surface area contributed by atoms with Crippen molar-refractivity contribution in [3.05, 3.63) is 59.7 Å². The van der Waals surface area contributed by atoms with Crippen LogP contribution in [0.5, 0.6) is 5.75 Å². The summed E-state index contributed by atoms with van der Waals surface area (Å²) < 4.78 is 5.66. The summed E-state index contributed by atoms with van der Waals surface area (Å²) in [5.74, 6) is 0.662. The number of hydrogen-bond acceptors (Lipinski definition) is 3. The fraction of sp³-hybridized carbons (Fsp3) is 0.176.